The molecule has 3 N–H and O–H groups in total. The Bertz CT molecular complexity index is 711. The van der Waals surface area contributed by atoms with Gasteiger partial charge in [0, 0.05) is 17.8 Å². The van der Waals surface area contributed by atoms with Crippen LogP contribution in [0.15, 0.2) is 30.3 Å². The third-order valence-electron chi connectivity index (χ3n) is 2.92. The van der Waals surface area contributed by atoms with Crippen LogP contribution in [0.1, 0.15) is 5.56 Å². The van der Waals surface area contributed by atoms with Crippen LogP contribution in [0, 0.1) is 11.3 Å². The van der Waals surface area contributed by atoms with E-state index in [2.05, 4.69) is 5.32 Å². The molecule has 0 aliphatic rings. The first-order valence-corrected chi connectivity index (χ1v) is 6.45. The van der Waals surface area contributed by atoms with Crippen LogP contribution in [0.25, 0.3) is 0 Å². The Kier molecular flexibility index (Phi) is 4.41. The summed E-state index contributed by atoms with van der Waals surface area (Å²) in [4.78, 5) is 0. The van der Waals surface area contributed by atoms with E-state index in [0.717, 1.165) is 5.69 Å². The Balaban J connectivity index is 2.39. The van der Waals surface area contributed by atoms with Crippen LogP contribution in [0.5, 0.6) is 11.5 Å². The SMILES string of the molecule is COc1cc(Nc2ccc(C#N)c(N)c2)c(OC)cc1Cl. The normalized spacial score (nSPS) is 9.81. The molecule has 0 radical (unpaired) electrons. The Morgan fingerprint density at radius 1 is 1.14 bits per heavy atom. The minimum absolute atomic E-state index is 0.405. The summed E-state index contributed by atoms with van der Waals surface area (Å²) < 4.78 is 10.5. The third-order valence-corrected chi connectivity index (χ3v) is 3.22. The highest BCUT2D eigenvalue weighted by atomic mass is 35.5. The van der Waals surface area contributed by atoms with Crippen molar-refractivity contribution in [2.75, 3.05) is 25.3 Å². The van der Waals surface area contributed by atoms with Crippen LogP contribution in [0.3, 0.4) is 0 Å². The van der Waals surface area contributed by atoms with E-state index < -0.39 is 0 Å². The third kappa shape index (κ3) is 3.12. The van der Waals surface area contributed by atoms with Gasteiger partial charge in [-0.05, 0) is 18.2 Å². The van der Waals surface area contributed by atoms with Gasteiger partial charge in [-0.1, -0.05) is 11.6 Å². The Morgan fingerprint density at radius 3 is 2.43 bits per heavy atom. The summed E-state index contributed by atoms with van der Waals surface area (Å²) in [5.74, 6) is 1.10. The lowest BCUT2D eigenvalue weighted by Crippen LogP contribution is -1.98. The van der Waals surface area contributed by atoms with Crippen LogP contribution in [0.2, 0.25) is 5.02 Å². The molecule has 2 rings (SSSR count). The molecule has 108 valence electrons. The van der Waals surface area contributed by atoms with Crippen LogP contribution < -0.4 is 20.5 Å². The van der Waals surface area contributed by atoms with E-state index in [4.69, 9.17) is 32.1 Å². The lowest BCUT2D eigenvalue weighted by atomic mass is 10.1. The quantitative estimate of drug-likeness (QED) is 0.844. The standard InChI is InChI=1S/C15H14ClN3O2/c1-20-14-7-13(15(21-2)6-11(14)16)19-10-4-3-9(8-17)12(18)5-10/h3-7,19H,18H2,1-2H3. The van der Waals surface area contributed by atoms with Gasteiger partial charge >= 0.3 is 0 Å². The average Bonchev–Trinajstić information content (AvgIpc) is 2.48. The lowest BCUT2D eigenvalue weighted by molar-refractivity contribution is 0.405. The van der Waals surface area contributed by atoms with Crippen molar-refractivity contribution in [2.45, 2.75) is 0 Å². The summed E-state index contributed by atoms with van der Waals surface area (Å²) in [6.45, 7) is 0. The number of nitrogens with zero attached hydrogens (tertiary/aromatic N) is 1. The van der Waals surface area contributed by atoms with Crippen LogP contribution in [-0.2, 0) is 0 Å². The molecule has 0 amide bonds. The molecule has 0 heterocycles. The summed E-state index contributed by atoms with van der Waals surface area (Å²) in [6.07, 6.45) is 0. The van der Waals surface area contributed by atoms with Crippen LogP contribution in [-0.4, -0.2) is 14.2 Å². The Hall–Kier alpha value is -2.58. The van der Waals surface area contributed by atoms with Gasteiger partial charge in [-0.15, -0.1) is 0 Å². The number of nitrogen functional groups attached to an aromatic ring is 1. The molecule has 0 aliphatic carbocycles. The van der Waals surface area contributed by atoms with E-state index in [1.807, 2.05) is 6.07 Å². The van der Waals surface area contributed by atoms with E-state index in [1.54, 1.807) is 37.4 Å². The highest BCUT2D eigenvalue weighted by molar-refractivity contribution is 6.32. The molecule has 0 aromatic heterocycles. The van der Waals surface area contributed by atoms with Crippen molar-refractivity contribution in [3.05, 3.63) is 40.9 Å². The number of hydrogen-bond acceptors (Lipinski definition) is 5. The topological polar surface area (TPSA) is 80.3 Å². The maximum Gasteiger partial charge on any atom is 0.144 e. The molecule has 21 heavy (non-hydrogen) atoms. The molecular formula is C15H14ClN3O2. The van der Waals surface area contributed by atoms with Gasteiger partial charge in [0.15, 0.2) is 0 Å². The molecule has 0 atom stereocenters. The first kappa shape index (κ1) is 14.8. The van der Waals surface area contributed by atoms with Gasteiger partial charge in [0.2, 0.25) is 0 Å². The van der Waals surface area contributed by atoms with Crippen LogP contribution >= 0.6 is 11.6 Å². The monoisotopic (exact) mass is 303 g/mol. The van der Waals surface area contributed by atoms with E-state index >= 15 is 0 Å². The number of nitriles is 1. The highest BCUT2D eigenvalue weighted by Crippen LogP contribution is 2.37. The number of anilines is 3. The summed E-state index contributed by atoms with van der Waals surface area (Å²) in [5, 5.41) is 12.5. The molecule has 6 heteroatoms. The molecule has 0 aliphatic heterocycles. The minimum Gasteiger partial charge on any atom is -0.495 e. The molecule has 2 aromatic carbocycles. The summed E-state index contributed by atoms with van der Waals surface area (Å²) in [5.41, 5.74) is 8.05. The van der Waals surface area contributed by atoms with Crippen molar-refractivity contribution in [1.82, 2.24) is 0 Å². The molecule has 2 aromatic rings. The number of nitrogens with one attached hydrogen (secondary N) is 1. The van der Waals surface area contributed by atoms with Gasteiger partial charge < -0.3 is 20.5 Å². The van der Waals surface area contributed by atoms with Gasteiger partial charge in [-0.25, -0.2) is 0 Å². The zero-order valence-corrected chi connectivity index (χ0v) is 12.4. The number of halogens is 1. The van der Waals surface area contributed by atoms with Crippen molar-refractivity contribution in [1.29, 1.82) is 5.26 Å². The largest absolute Gasteiger partial charge is 0.495 e. The Morgan fingerprint density at radius 2 is 1.86 bits per heavy atom. The molecule has 0 bridgehead atoms. The number of methoxy groups -OCH3 is 2. The first-order chi connectivity index (χ1) is 10.1. The zero-order chi connectivity index (χ0) is 15.4. The summed E-state index contributed by atoms with van der Waals surface area (Å²) in [7, 11) is 3.09. The fourth-order valence-electron chi connectivity index (χ4n) is 1.86. The lowest BCUT2D eigenvalue weighted by Gasteiger charge is -2.14. The van der Waals surface area contributed by atoms with Gasteiger partial charge in [0.1, 0.15) is 17.6 Å². The second-order valence-electron chi connectivity index (χ2n) is 4.23. The molecule has 0 fully saturated rings. The number of nitrogens with two attached hydrogens (primary N) is 1. The first-order valence-electron chi connectivity index (χ1n) is 6.07. The van der Waals surface area contributed by atoms with E-state index in [-0.39, 0.29) is 0 Å². The molecule has 0 spiro atoms. The number of ether oxygens (including phenoxy) is 2. The fraction of sp³-hybridized carbons (Fsp3) is 0.133. The van der Waals surface area contributed by atoms with Crippen molar-refractivity contribution >= 4 is 28.7 Å². The summed E-state index contributed by atoms with van der Waals surface area (Å²) >= 11 is 6.06. The van der Waals surface area contributed by atoms with E-state index in [1.165, 1.54) is 7.11 Å². The predicted octanol–water partition coefficient (Wildman–Crippen LogP) is 3.55. The predicted molar refractivity (Wildman–Crippen MR) is 83.4 cm³/mol. The Labute approximate surface area is 127 Å². The highest BCUT2D eigenvalue weighted by Gasteiger charge is 2.10. The van der Waals surface area contributed by atoms with Gasteiger partial charge in [-0.3, -0.25) is 0 Å². The average molecular weight is 304 g/mol. The van der Waals surface area contributed by atoms with Crippen molar-refractivity contribution in [3.8, 4) is 17.6 Å². The smallest absolute Gasteiger partial charge is 0.144 e. The number of benzene rings is 2. The second kappa shape index (κ2) is 6.25. The minimum atomic E-state index is 0.405. The van der Waals surface area contributed by atoms with Gasteiger partial charge in [0.05, 0.1) is 36.2 Å². The zero-order valence-electron chi connectivity index (χ0n) is 11.6. The van der Waals surface area contributed by atoms with E-state index in [0.29, 0.717) is 33.5 Å². The molecule has 0 saturated carbocycles. The fourth-order valence-corrected chi connectivity index (χ4v) is 2.09. The van der Waals surface area contributed by atoms with Crippen molar-refractivity contribution < 1.29 is 9.47 Å². The van der Waals surface area contributed by atoms with Gasteiger partial charge in [-0.2, -0.15) is 5.26 Å². The second-order valence-corrected chi connectivity index (χ2v) is 4.63. The molecule has 0 saturated heterocycles. The van der Waals surface area contributed by atoms with Crippen molar-refractivity contribution in [2.24, 2.45) is 0 Å². The van der Waals surface area contributed by atoms with E-state index in [9.17, 15) is 0 Å². The van der Waals surface area contributed by atoms with Crippen molar-refractivity contribution in [3.63, 3.8) is 0 Å². The van der Waals surface area contributed by atoms with Crippen LogP contribution in [0.4, 0.5) is 17.1 Å². The number of rotatable bonds is 4. The maximum atomic E-state index is 8.88. The maximum absolute atomic E-state index is 8.88. The number of hydrogen-bond donors (Lipinski definition) is 2. The molecular weight excluding hydrogens is 290 g/mol. The summed E-state index contributed by atoms with van der Waals surface area (Å²) in [6, 6.07) is 10.5. The van der Waals surface area contributed by atoms with Gasteiger partial charge in [0.25, 0.3) is 0 Å². The molecule has 0 unspecified atom stereocenters. The molecule has 5 nitrogen and oxygen atoms in total.